The van der Waals surface area contributed by atoms with Gasteiger partial charge in [0.15, 0.2) is 0 Å². The summed E-state index contributed by atoms with van der Waals surface area (Å²) in [5, 5.41) is 3.06. The van der Waals surface area contributed by atoms with Crippen LogP contribution in [-0.4, -0.2) is 31.8 Å². The van der Waals surface area contributed by atoms with Gasteiger partial charge in [-0.05, 0) is 137 Å². The maximum atomic E-state index is 12.7. The summed E-state index contributed by atoms with van der Waals surface area (Å²) in [6.07, 6.45) is 35.6. The molecule has 5 heteroatoms. The first-order valence-corrected chi connectivity index (χ1v) is 20.5. The van der Waals surface area contributed by atoms with Crippen molar-refractivity contribution in [3.8, 4) is 0 Å². The molecule has 0 aromatic carbocycles. The van der Waals surface area contributed by atoms with Gasteiger partial charge in [0.1, 0.15) is 6.10 Å². The summed E-state index contributed by atoms with van der Waals surface area (Å²) in [7, 11) is 1.51. The second kappa shape index (κ2) is 19.6. The van der Waals surface area contributed by atoms with Crippen molar-refractivity contribution in [3.63, 3.8) is 0 Å². The van der Waals surface area contributed by atoms with Crippen molar-refractivity contribution in [2.45, 2.75) is 187 Å². The molecule has 0 aromatic heterocycles. The molecule has 5 nitrogen and oxygen atoms in total. The lowest BCUT2D eigenvalue weighted by Crippen LogP contribution is -2.54. The number of ether oxygens (including phenoxy) is 2. The highest BCUT2D eigenvalue weighted by Crippen LogP contribution is 2.68. The van der Waals surface area contributed by atoms with Crippen LogP contribution in [0.25, 0.3) is 0 Å². The minimum Gasteiger partial charge on any atom is -0.469 e. The summed E-state index contributed by atoms with van der Waals surface area (Å²) >= 11 is 0. The number of methoxy groups -OCH3 is 1. The Bertz CT molecular complexity index is 964. The fourth-order valence-corrected chi connectivity index (χ4v) is 11.1. The van der Waals surface area contributed by atoms with E-state index in [9.17, 15) is 9.59 Å². The Morgan fingerprint density at radius 2 is 1.38 bits per heavy atom. The molecule has 8 atom stereocenters. The van der Waals surface area contributed by atoms with Gasteiger partial charge in [-0.1, -0.05) is 90.7 Å². The van der Waals surface area contributed by atoms with Crippen LogP contribution in [0.5, 0.6) is 0 Å². The minimum atomic E-state index is -0.197. The van der Waals surface area contributed by atoms with Gasteiger partial charge in [-0.3, -0.25) is 4.79 Å². The number of carbonyl (C=O) groups excluding carboxylic acids is 2. The SMILES string of the molecule is CCCCCCCC/C=C\CCCCCCCCNC(=O)O[C@@H]1CC[C@@]2(C)C(CCC3C2CC[C@]2(C)C(CCC(=O)OC)CCC32)C1. The van der Waals surface area contributed by atoms with Crippen molar-refractivity contribution in [1.29, 1.82) is 0 Å². The Morgan fingerprint density at radius 1 is 0.745 bits per heavy atom. The second-order valence-electron chi connectivity index (χ2n) is 16.8. The quantitative estimate of drug-likeness (QED) is 0.0805. The molecular weight excluding hydrogens is 582 g/mol. The minimum absolute atomic E-state index is 0.0511. The van der Waals surface area contributed by atoms with Gasteiger partial charge >= 0.3 is 12.1 Å². The number of nitrogens with one attached hydrogen (secondary N) is 1. The van der Waals surface area contributed by atoms with Gasteiger partial charge in [-0.25, -0.2) is 4.79 Å². The third-order valence-corrected chi connectivity index (χ3v) is 14.0. The Kier molecular flexibility index (Phi) is 16.0. The molecule has 5 unspecified atom stereocenters. The van der Waals surface area contributed by atoms with E-state index < -0.39 is 0 Å². The summed E-state index contributed by atoms with van der Waals surface area (Å²) in [4.78, 5) is 24.5. The van der Waals surface area contributed by atoms with Gasteiger partial charge in [0.25, 0.3) is 0 Å². The Morgan fingerprint density at radius 3 is 2.09 bits per heavy atom. The molecular formula is C42H73NO4. The summed E-state index contributed by atoms with van der Waals surface area (Å²) in [5.74, 6) is 3.73. The molecule has 0 radical (unpaired) electrons. The number of fused-ring (bicyclic) bond motifs is 5. The molecule has 1 amide bonds. The van der Waals surface area contributed by atoms with E-state index in [1.807, 2.05) is 0 Å². The number of carbonyl (C=O) groups is 2. The fraction of sp³-hybridized carbons (Fsp3) is 0.905. The molecule has 4 fully saturated rings. The number of amides is 1. The van der Waals surface area contributed by atoms with E-state index in [4.69, 9.17) is 9.47 Å². The first-order chi connectivity index (χ1) is 22.8. The van der Waals surface area contributed by atoms with Crippen LogP contribution in [0.15, 0.2) is 12.2 Å². The van der Waals surface area contributed by atoms with Crippen molar-refractivity contribution < 1.29 is 19.1 Å². The third kappa shape index (κ3) is 10.7. The third-order valence-electron chi connectivity index (χ3n) is 14.0. The Hall–Kier alpha value is -1.52. The molecule has 4 aliphatic carbocycles. The van der Waals surface area contributed by atoms with Crippen molar-refractivity contribution in [2.75, 3.05) is 13.7 Å². The molecule has 0 saturated heterocycles. The number of hydrogen-bond acceptors (Lipinski definition) is 4. The van der Waals surface area contributed by atoms with Crippen molar-refractivity contribution in [2.24, 2.45) is 40.4 Å². The van der Waals surface area contributed by atoms with Gasteiger partial charge in [0.05, 0.1) is 7.11 Å². The number of rotatable bonds is 20. The van der Waals surface area contributed by atoms with Crippen LogP contribution in [0.1, 0.15) is 181 Å². The first kappa shape index (κ1) is 38.3. The van der Waals surface area contributed by atoms with E-state index in [1.54, 1.807) is 0 Å². The summed E-state index contributed by atoms with van der Waals surface area (Å²) in [6, 6.07) is 0. The highest BCUT2D eigenvalue weighted by molar-refractivity contribution is 5.69. The van der Waals surface area contributed by atoms with Gasteiger partial charge in [-0.15, -0.1) is 0 Å². The zero-order chi connectivity index (χ0) is 33.5. The highest BCUT2D eigenvalue weighted by atomic mass is 16.6. The van der Waals surface area contributed by atoms with Crippen LogP contribution in [0.3, 0.4) is 0 Å². The number of esters is 1. The number of hydrogen-bond donors (Lipinski definition) is 1. The molecule has 0 aliphatic heterocycles. The zero-order valence-corrected chi connectivity index (χ0v) is 31.1. The molecule has 0 heterocycles. The van der Waals surface area contributed by atoms with Crippen molar-refractivity contribution >= 4 is 12.1 Å². The normalized spacial score (nSPS) is 33.2. The summed E-state index contributed by atoms with van der Waals surface area (Å²) in [5.41, 5.74) is 0.773. The van der Waals surface area contributed by atoms with Crippen LogP contribution >= 0.6 is 0 Å². The molecule has 47 heavy (non-hydrogen) atoms. The maximum Gasteiger partial charge on any atom is 0.407 e. The molecule has 4 rings (SSSR count). The molecule has 4 aliphatic rings. The average Bonchev–Trinajstić information content (AvgIpc) is 3.41. The predicted octanol–water partition coefficient (Wildman–Crippen LogP) is 11.7. The first-order valence-electron chi connectivity index (χ1n) is 20.5. The molecule has 4 saturated carbocycles. The van der Waals surface area contributed by atoms with Gasteiger partial charge in [0, 0.05) is 13.0 Å². The number of allylic oxidation sites excluding steroid dienone is 2. The highest BCUT2D eigenvalue weighted by Gasteiger charge is 2.60. The van der Waals surface area contributed by atoms with E-state index in [0.717, 1.165) is 50.0 Å². The molecule has 0 spiro atoms. The average molecular weight is 656 g/mol. The molecule has 0 aromatic rings. The van der Waals surface area contributed by atoms with Crippen LogP contribution in [0.2, 0.25) is 0 Å². The van der Waals surface area contributed by atoms with Gasteiger partial charge in [-0.2, -0.15) is 0 Å². The van der Waals surface area contributed by atoms with E-state index in [1.165, 1.54) is 136 Å². The predicted molar refractivity (Wildman–Crippen MR) is 194 cm³/mol. The van der Waals surface area contributed by atoms with E-state index in [-0.39, 0.29) is 18.2 Å². The topological polar surface area (TPSA) is 64.6 Å². The van der Waals surface area contributed by atoms with Gasteiger partial charge < -0.3 is 14.8 Å². The zero-order valence-electron chi connectivity index (χ0n) is 31.1. The van der Waals surface area contributed by atoms with E-state index in [2.05, 4.69) is 38.2 Å². The lowest BCUT2D eigenvalue weighted by atomic mass is 9.44. The molecule has 1 N–H and O–H groups in total. The van der Waals surface area contributed by atoms with Crippen molar-refractivity contribution in [1.82, 2.24) is 5.32 Å². The van der Waals surface area contributed by atoms with Crippen LogP contribution < -0.4 is 5.32 Å². The largest absolute Gasteiger partial charge is 0.469 e. The standard InChI is InChI=1S/C42H73NO4/c1-5-6-7-8-9-10-11-12-13-14-15-16-17-18-19-20-31-43-40(45)47-35-27-29-42(3)34(32-35)21-24-36-37-25-22-33(23-26-39(44)46-4)41(37,2)30-28-38(36)42/h12-13,33-38H,5-11,14-32H2,1-4H3,(H,43,45)/b13-12-/t33?,34?,35-,36?,37?,38?,41-,42+/m1/s1. The van der Waals surface area contributed by atoms with Gasteiger partial charge in [0.2, 0.25) is 0 Å². The van der Waals surface area contributed by atoms with Crippen LogP contribution in [0.4, 0.5) is 4.79 Å². The Labute approximate surface area is 289 Å². The fourth-order valence-electron chi connectivity index (χ4n) is 11.1. The monoisotopic (exact) mass is 656 g/mol. The molecule has 0 bridgehead atoms. The van der Waals surface area contributed by atoms with E-state index >= 15 is 0 Å². The number of alkyl carbamates (subject to hydrolysis) is 1. The van der Waals surface area contributed by atoms with Crippen LogP contribution in [-0.2, 0) is 14.3 Å². The summed E-state index contributed by atoms with van der Waals surface area (Å²) in [6.45, 7) is 8.16. The molecule has 270 valence electrons. The summed E-state index contributed by atoms with van der Waals surface area (Å²) < 4.78 is 11.0. The second-order valence-corrected chi connectivity index (χ2v) is 16.8. The van der Waals surface area contributed by atoms with Crippen molar-refractivity contribution in [3.05, 3.63) is 12.2 Å². The lowest BCUT2D eigenvalue weighted by Gasteiger charge is -2.61. The lowest BCUT2D eigenvalue weighted by molar-refractivity contribution is -0.142. The van der Waals surface area contributed by atoms with E-state index in [0.29, 0.717) is 29.1 Å². The Balaban J connectivity index is 1.05. The maximum absolute atomic E-state index is 12.7. The number of unbranched alkanes of at least 4 members (excludes halogenated alkanes) is 12. The smallest absolute Gasteiger partial charge is 0.407 e. The van der Waals surface area contributed by atoms with Crippen LogP contribution in [0, 0.1) is 40.4 Å².